The number of nitrogen functional groups attached to an aromatic ring is 1. The summed E-state index contributed by atoms with van der Waals surface area (Å²) in [5, 5.41) is 18.2. The Balaban J connectivity index is 1.56. The summed E-state index contributed by atoms with van der Waals surface area (Å²) in [5.74, 6) is 0.138. The summed E-state index contributed by atoms with van der Waals surface area (Å²) in [7, 11) is 0. The third-order valence-corrected chi connectivity index (χ3v) is 6.90. The van der Waals surface area contributed by atoms with Crippen molar-refractivity contribution in [2.45, 2.75) is 25.8 Å². The summed E-state index contributed by atoms with van der Waals surface area (Å²) < 4.78 is 16.0. The molecule has 1 aliphatic carbocycles. The molecule has 1 unspecified atom stereocenters. The van der Waals surface area contributed by atoms with Gasteiger partial charge in [0, 0.05) is 47.3 Å². The third-order valence-electron chi connectivity index (χ3n) is 6.09. The highest BCUT2D eigenvalue weighted by Gasteiger charge is 2.41. The van der Waals surface area contributed by atoms with Crippen molar-refractivity contribution < 1.29 is 9.50 Å². The highest BCUT2D eigenvalue weighted by molar-refractivity contribution is 9.10. The zero-order valence-corrected chi connectivity index (χ0v) is 18.5. The van der Waals surface area contributed by atoms with Crippen molar-refractivity contribution in [3.63, 3.8) is 0 Å². The lowest BCUT2D eigenvalue weighted by molar-refractivity contribution is 0.204. The van der Waals surface area contributed by atoms with Crippen LogP contribution in [-0.2, 0) is 0 Å². The summed E-state index contributed by atoms with van der Waals surface area (Å²) in [6.45, 7) is 2.92. The summed E-state index contributed by atoms with van der Waals surface area (Å²) in [5.41, 5.74) is 9.98. The number of aliphatic hydroxyl groups is 1. The number of nitrogens with two attached hydrogens (primary N) is 1. The molecule has 3 heterocycles. The molecule has 0 bridgehead atoms. The van der Waals surface area contributed by atoms with Crippen LogP contribution in [0.1, 0.15) is 31.5 Å². The smallest absolute Gasteiger partial charge is 0.165 e. The number of pyridine rings is 1. The number of benzene rings is 1. The molecule has 1 saturated carbocycles. The van der Waals surface area contributed by atoms with Crippen LogP contribution < -0.4 is 11.1 Å². The van der Waals surface area contributed by atoms with Crippen molar-refractivity contribution >= 4 is 38.3 Å². The van der Waals surface area contributed by atoms with E-state index in [1.807, 2.05) is 13.0 Å². The lowest BCUT2D eigenvalue weighted by atomic mass is 10.1. The minimum absolute atomic E-state index is 0.00973. The second-order valence-electron chi connectivity index (χ2n) is 8.31. The molecule has 1 atom stereocenters. The average molecular weight is 485 g/mol. The molecule has 4 N–H and O–H groups in total. The number of hydrogen-bond donors (Lipinski definition) is 3. The molecule has 0 radical (unpaired) electrons. The van der Waals surface area contributed by atoms with Crippen LogP contribution in [0.25, 0.3) is 27.7 Å². The molecule has 160 valence electrons. The number of nitrogens with zero attached hydrogens (tertiary/aromatic N) is 4. The third kappa shape index (κ3) is 3.56. The molecule has 4 aromatic rings. The van der Waals surface area contributed by atoms with E-state index >= 15 is 0 Å². The summed E-state index contributed by atoms with van der Waals surface area (Å²) in [6, 6.07) is 6.30. The van der Waals surface area contributed by atoms with Gasteiger partial charge < -0.3 is 16.2 Å². The Morgan fingerprint density at radius 3 is 2.87 bits per heavy atom. The Bertz CT molecular complexity index is 1300. The molecule has 3 aromatic heterocycles. The van der Waals surface area contributed by atoms with E-state index in [9.17, 15) is 9.50 Å². The molecule has 0 spiro atoms. The van der Waals surface area contributed by atoms with Gasteiger partial charge in [0.2, 0.25) is 0 Å². The monoisotopic (exact) mass is 484 g/mol. The highest BCUT2D eigenvalue weighted by Crippen LogP contribution is 2.44. The summed E-state index contributed by atoms with van der Waals surface area (Å²) in [6.07, 6.45) is 5.49. The van der Waals surface area contributed by atoms with Crippen molar-refractivity contribution in [2.24, 2.45) is 5.41 Å². The Morgan fingerprint density at radius 2 is 2.13 bits per heavy atom. The van der Waals surface area contributed by atoms with E-state index in [1.165, 1.54) is 12.1 Å². The van der Waals surface area contributed by atoms with Gasteiger partial charge in [0.05, 0.1) is 21.9 Å². The zero-order valence-electron chi connectivity index (χ0n) is 16.9. The van der Waals surface area contributed by atoms with Crippen molar-refractivity contribution in [3.8, 4) is 11.1 Å². The van der Waals surface area contributed by atoms with Crippen LogP contribution in [0.15, 0.2) is 41.1 Å². The van der Waals surface area contributed by atoms with Crippen LogP contribution in [0.2, 0.25) is 0 Å². The van der Waals surface area contributed by atoms with E-state index < -0.39 is 0 Å². The van der Waals surface area contributed by atoms with Gasteiger partial charge in [-0.2, -0.15) is 9.61 Å². The minimum atomic E-state index is -0.309. The second-order valence-corrected chi connectivity index (χ2v) is 9.10. The number of halogens is 2. The molecule has 0 saturated heterocycles. The van der Waals surface area contributed by atoms with Gasteiger partial charge in [-0.3, -0.25) is 4.98 Å². The van der Waals surface area contributed by atoms with E-state index in [0.29, 0.717) is 26.8 Å². The molecule has 1 fully saturated rings. The van der Waals surface area contributed by atoms with Gasteiger partial charge in [-0.05, 0) is 60.0 Å². The summed E-state index contributed by atoms with van der Waals surface area (Å²) >= 11 is 3.57. The molecule has 0 amide bonds. The quantitative estimate of drug-likeness (QED) is 0.384. The number of fused-ring (bicyclic) bond motifs is 2. The zero-order chi connectivity index (χ0) is 21.8. The van der Waals surface area contributed by atoms with Gasteiger partial charge in [0.15, 0.2) is 5.65 Å². The van der Waals surface area contributed by atoms with Gasteiger partial charge in [-0.25, -0.2) is 9.37 Å². The fraction of sp³-hybridized carbons (Fsp3) is 0.318. The van der Waals surface area contributed by atoms with Crippen LogP contribution >= 0.6 is 15.9 Å². The van der Waals surface area contributed by atoms with Crippen molar-refractivity contribution in [3.05, 3.63) is 52.6 Å². The van der Waals surface area contributed by atoms with Crippen LogP contribution in [-0.4, -0.2) is 37.8 Å². The first-order chi connectivity index (χ1) is 14.9. The Hall–Kier alpha value is -2.62. The predicted octanol–water partition coefficient (Wildman–Crippen LogP) is 3.85. The van der Waals surface area contributed by atoms with Gasteiger partial charge in [-0.1, -0.05) is 0 Å². The SMILES string of the molecule is CC(NCC1(CO)CC1)c1nc2c(-c3cnc4ccc(F)cc4c3)cnn2c(N)c1Br. The van der Waals surface area contributed by atoms with E-state index in [-0.39, 0.29) is 23.9 Å². The molecule has 31 heavy (non-hydrogen) atoms. The lowest BCUT2D eigenvalue weighted by Gasteiger charge is -2.20. The highest BCUT2D eigenvalue weighted by atomic mass is 79.9. The summed E-state index contributed by atoms with van der Waals surface area (Å²) in [4.78, 5) is 9.31. The number of nitrogens with one attached hydrogen (secondary N) is 1. The predicted molar refractivity (Wildman–Crippen MR) is 121 cm³/mol. The maximum atomic E-state index is 13.7. The van der Waals surface area contributed by atoms with Gasteiger partial charge in [0.25, 0.3) is 0 Å². The molecular formula is C22H22BrFN6O. The Labute approximate surface area is 186 Å². The average Bonchev–Trinajstić information content (AvgIpc) is 3.44. The van der Waals surface area contributed by atoms with Crippen molar-refractivity contribution in [1.29, 1.82) is 0 Å². The van der Waals surface area contributed by atoms with Crippen LogP contribution in [0.4, 0.5) is 10.2 Å². The Kier molecular flexibility index (Phi) is 4.91. The Morgan fingerprint density at radius 1 is 1.32 bits per heavy atom. The molecule has 1 aliphatic rings. The molecule has 7 nitrogen and oxygen atoms in total. The van der Waals surface area contributed by atoms with Crippen molar-refractivity contribution in [1.82, 2.24) is 24.9 Å². The second kappa shape index (κ2) is 7.51. The number of aliphatic hydroxyl groups excluding tert-OH is 1. The van der Waals surface area contributed by atoms with Gasteiger partial charge >= 0.3 is 0 Å². The fourth-order valence-corrected chi connectivity index (χ4v) is 4.39. The molecule has 0 aliphatic heterocycles. The van der Waals surface area contributed by atoms with Crippen LogP contribution in [0.5, 0.6) is 0 Å². The molecular weight excluding hydrogens is 463 g/mol. The van der Waals surface area contributed by atoms with E-state index in [0.717, 1.165) is 36.2 Å². The standard InChI is InChI=1S/C22H22BrFN6O/c1-12(27-10-22(11-31)4-5-22)19-18(23)20(25)30-21(29-19)16(9-28-30)14-6-13-7-15(24)2-3-17(13)26-8-14/h2-3,6-9,12,27,31H,4-5,10-11,25H2,1H3. The number of anilines is 1. The number of rotatable bonds is 6. The van der Waals surface area contributed by atoms with E-state index in [1.54, 1.807) is 23.0 Å². The first-order valence-electron chi connectivity index (χ1n) is 10.1. The maximum Gasteiger partial charge on any atom is 0.165 e. The van der Waals surface area contributed by atoms with Crippen LogP contribution in [0, 0.1) is 11.2 Å². The fourth-order valence-electron chi connectivity index (χ4n) is 3.79. The molecule has 1 aromatic carbocycles. The van der Waals surface area contributed by atoms with Gasteiger partial charge in [-0.15, -0.1) is 0 Å². The topological polar surface area (TPSA) is 101 Å². The number of hydrogen-bond acceptors (Lipinski definition) is 6. The molecule has 5 rings (SSSR count). The minimum Gasteiger partial charge on any atom is -0.396 e. The lowest BCUT2D eigenvalue weighted by Crippen LogP contribution is -2.29. The largest absolute Gasteiger partial charge is 0.396 e. The van der Waals surface area contributed by atoms with E-state index in [4.69, 9.17) is 10.7 Å². The first-order valence-corrected chi connectivity index (χ1v) is 10.9. The van der Waals surface area contributed by atoms with E-state index in [2.05, 4.69) is 31.3 Å². The first kappa shape index (κ1) is 20.3. The van der Waals surface area contributed by atoms with Crippen LogP contribution in [0.3, 0.4) is 0 Å². The van der Waals surface area contributed by atoms with Gasteiger partial charge in [0.1, 0.15) is 11.6 Å². The number of aromatic nitrogens is 4. The van der Waals surface area contributed by atoms with Crippen molar-refractivity contribution in [2.75, 3.05) is 18.9 Å². The normalized spacial score (nSPS) is 16.1. The molecule has 9 heteroatoms. The maximum absolute atomic E-state index is 13.7.